The van der Waals surface area contributed by atoms with Crippen LogP contribution in [-0.2, 0) is 22.0 Å². The first kappa shape index (κ1) is 26.1. The Kier molecular flexibility index (Phi) is 11.5. The minimum absolute atomic E-state index is 0. The highest BCUT2D eigenvalue weighted by molar-refractivity contribution is 14.0. The lowest BCUT2D eigenvalue weighted by Crippen LogP contribution is -2.42. The summed E-state index contributed by atoms with van der Waals surface area (Å²) >= 11 is 0. The van der Waals surface area contributed by atoms with Crippen LogP contribution >= 0.6 is 24.0 Å². The van der Waals surface area contributed by atoms with E-state index in [0.29, 0.717) is 31.5 Å². The molecule has 0 amide bonds. The van der Waals surface area contributed by atoms with Gasteiger partial charge in [0.25, 0.3) is 0 Å². The molecule has 1 heterocycles. The monoisotopic (exact) mass is 515 g/mol. The number of hydrogen-bond acceptors (Lipinski definition) is 5. The van der Waals surface area contributed by atoms with Crippen LogP contribution in [0.5, 0.6) is 0 Å². The molecule has 0 aliphatic rings. The molecule has 0 aromatic carbocycles. The van der Waals surface area contributed by atoms with Crippen LogP contribution in [0.4, 0.5) is 0 Å². The number of oxazole rings is 1. The summed E-state index contributed by atoms with van der Waals surface area (Å²) < 4.78 is 31.6. The molecule has 10 heteroatoms. The van der Waals surface area contributed by atoms with Gasteiger partial charge >= 0.3 is 0 Å². The molecule has 0 saturated heterocycles. The Morgan fingerprint density at radius 3 is 2.33 bits per heavy atom. The molecule has 27 heavy (non-hydrogen) atoms. The predicted molar refractivity (Wildman–Crippen MR) is 120 cm³/mol. The molecule has 8 nitrogen and oxygen atoms in total. The van der Waals surface area contributed by atoms with E-state index in [4.69, 9.17) is 4.42 Å². The Balaban J connectivity index is 0.00000676. The normalized spacial score (nSPS) is 12.8. The van der Waals surface area contributed by atoms with Crippen molar-refractivity contribution in [1.29, 1.82) is 0 Å². The van der Waals surface area contributed by atoms with E-state index in [0.717, 1.165) is 5.76 Å². The molecule has 0 unspecified atom stereocenters. The van der Waals surface area contributed by atoms with Gasteiger partial charge in [-0.25, -0.2) is 22.7 Å². The topological polar surface area (TPSA) is 99.8 Å². The predicted octanol–water partition coefficient (Wildman–Crippen LogP) is 2.32. The first-order valence-corrected chi connectivity index (χ1v) is 10.7. The fraction of sp³-hybridized carbons (Fsp3) is 0.765. The third-order valence-electron chi connectivity index (χ3n) is 3.76. The highest BCUT2D eigenvalue weighted by Gasteiger charge is 2.19. The van der Waals surface area contributed by atoms with Crippen molar-refractivity contribution >= 4 is 40.0 Å². The average molecular weight is 515 g/mol. The summed E-state index contributed by atoms with van der Waals surface area (Å²) in [4.78, 5) is 8.66. The second-order valence-electron chi connectivity index (χ2n) is 6.89. The minimum Gasteiger partial charge on any atom is -0.443 e. The van der Waals surface area contributed by atoms with E-state index in [-0.39, 0.29) is 48.2 Å². The van der Waals surface area contributed by atoms with Gasteiger partial charge in [0.05, 0.1) is 11.9 Å². The molecule has 1 aromatic rings. The summed E-state index contributed by atoms with van der Waals surface area (Å²) in [6.07, 6.45) is 1.72. The Morgan fingerprint density at radius 1 is 1.22 bits per heavy atom. The van der Waals surface area contributed by atoms with E-state index in [2.05, 4.69) is 41.4 Å². The van der Waals surface area contributed by atoms with Gasteiger partial charge in [-0.3, -0.25) is 0 Å². The van der Waals surface area contributed by atoms with Crippen LogP contribution in [-0.4, -0.2) is 55.6 Å². The standard InChI is InChI=1S/C17H33N5O3S.HI/c1-7-18-16(19-10-11-26(23,24)22(8-2)9-3)21-13-15-20-12-14(25-15)17(4,5)6;/h12H,7-11,13H2,1-6H3,(H2,18,19,21);1H. The molecule has 0 bridgehead atoms. The Hall–Kier alpha value is -0.880. The maximum absolute atomic E-state index is 12.2. The fourth-order valence-corrected chi connectivity index (χ4v) is 3.67. The fourth-order valence-electron chi connectivity index (χ4n) is 2.26. The molecule has 2 N–H and O–H groups in total. The quantitative estimate of drug-likeness (QED) is 0.298. The molecule has 0 spiro atoms. The maximum Gasteiger partial charge on any atom is 0.216 e. The molecule has 0 saturated carbocycles. The lowest BCUT2D eigenvalue weighted by molar-refractivity contribution is 0.383. The second-order valence-corrected chi connectivity index (χ2v) is 8.98. The maximum atomic E-state index is 12.2. The number of nitrogens with zero attached hydrogens (tertiary/aromatic N) is 3. The van der Waals surface area contributed by atoms with Crippen molar-refractivity contribution in [2.24, 2.45) is 4.99 Å². The van der Waals surface area contributed by atoms with Crippen molar-refractivity contribution in [2.45, 2.75) is 53.5 Å². The summed E-state index contributed by atoms with van der Waals surface area (Å²) in [6.45, 7) is 14.0. The number of hydrogen-bond donors (Lipinski definition) is 2. The zero-order valence-electron chi connectivity index (χ0n) is 17.2. The van der Waals surface area contributed by atoms with Crippen LogP contribution in [0.25, 0.3) is 0 Å². The lowest BCUT2D eigenvalue weighted by atomic mass is 9.94. The van der Waals surface area contributed by atoms with Gasteiger partial charge in [0.2, 0.25) is 15.9 Å². The van der Waals surface area contributed by atoms with Crippen molar-refractivity contribution < 1.29 is 12.8 Å². The first-order valence-electron chi connectivity index (χ1n) is 9.09. The van der Waals surface area contributed by atoms with Gasteiger partial charge < -0.3 is 15.1 Å². The van der Waals surface area contributed by atoms with E-state index in [1.165, 1.54) is 4.31 Å². The summed E-state index contributed by atoms with van der Waals surface area (Å²) in [5.74, 6) is 1.90. The molecule has 0 radical (unpaired) electrons. The Bertz CT molecular complexity index is 679. The number of sulfonamides is 1. The average Bonchev–Trinajstić information content (AvgIpc) is 3.02. The first-order chi connectivity index (χ1) is 12.1. The highest BCUT2D eigenvalue weighted by atomic mass is 127. The molecule has 0 fully saturated rings. The number of aromatic nitrogens is 1. The third-order valence-corrected chi connectivity index (χ3v) is 5.78. The number of halogens is 1. The van der Waals surface area contributed by atoms with Gasteiger partial charge in [0.1, 0.15) is 12.3 Å². The summed E-state index contributed by atoms with van der Waals surface area (Å²) in [5, 5.41) is 6.15. The zero-order chi connectivity index (χ0) is 19.8. The molecule has 0 aliphatic carbocycles. The SMILES string of the molecule is CCNC(=NCc1ncc(C(C)(C)C)o1)NCCS(=O)(=O)N(CC)CC.I. The van der Waals surface area contributed by atoms with Crippen LogP contribution in [0, 0.1) is 0 Å². The van der Waals surface area contributed by atoms with E-state index >= 15 is 0 Å². The molecular weight excluding hydrogens is 481 g/mol. The number of rotatable bonds is 9. The van der Waals surface area contributed by atoms with Crippen molar-refractivity contribution in [3.63, 3.8) is 0 Å². The molecular formula is C17H34IN5O3S. The summed E-state index contributed by atoms with van der Waals surface area (Å²) in [5.41, 5.74) is -0.101. The molecule has 158 valence electrons. The van der Waals surface area contributed by atoms with Gasteiger partial charge in [-0.15, -0.1) is 24.0 Å². The Labute approximate surface area is 180 Å². The second kappa shape index (κ2) is 11.8. The van der Waals surface area contributed by atoms with Crippen molar-refractivity contribution in [3.8, 4) is 0 Å². The van der Waals surface area contributed by atoms with Crippen LogP contribution in [0.2, 0.25) is 0 Å². The minimum atomic E-state index is -3.26. The van der Waals surface area contributed by atoms with Crippen molar-refractivity contribution in [2.75, 3.05) is 31.9 Å². The number of nitrogens with one attached hydrogen (secondary N) is 2. The van der Waals surface area contributed by atoms with Gasteiger partial charge in [-0.05, 0) is 6.92 Å². The van der Waals surface area contributed by atoms with Crippen LogP contribution < -0.4 is 10.6 Å². The zero-order valence-corrected chi connectivity index (χ0v) is 20.3. The molecule has 1 rings (SSSR count). The smallest absolute Gasteiger partial charge is 0.216 e. The third kappa shape index (κ3) is 8.77. The molecule has 0 atom stereocenters. The van der Waals surface area contributed by atoms with Crippen molar-refractivity contribution in [3.05, 3.63) is 17.8 Å². The molecule has 1 aromatic heterocycles. The van der Waals surface area contributed by atoms with Gasteiger partial charge in [-0.2, -0.15) is 0 Å². The largest absolute Gasteiger partial charge is 0.443 e. The van der Waals surface area contributed by atoms with Crippen LogP contribution in [0.3, 0.4) is 0 Å². The van der Waals surface area contributed by atoms with E-state index in [1.807, 2.05) is 20.8 Å². The lowest BCUT2D eigenvalue weighted by Gasteiger charge is -2.19. The number of guanidine groups is 1. The highest BCUT2D eigenvalue weighted by Crippen LogP contribution is 2.22. The Morgan fingerprint density at radius 2 is 1.85 bits per heavy atom. The number of aliphatic imine (C=N–C) groups is 1. The van der Waals surface area contributed by atoms with Gasteiger partial charge in [0.15, 0.2) is 5.96 Å². The van der Waals surface area contributed by atoms with E-state index < -0.39 is 10.0 Å². The van der Waals surface area contributed by atoms with Crippen molar-refractivity contribution in [1.82, 2.24) is 19.9 Å². The van der Waals surface area contributed by atoms with Crippen LogP contribution in [0.15, 0.2) is 15.6 Å². The summed E-state index contributed by atoms with van der Waals surface area (Å²) in [7, 11) is -3.26. The molecule has 0 aliphatic heterocycles. The van der Waals surface area contributed by atoms with E-state index in [1.54, 1.807) is 6.20 Å². The van der Waals surface area contributed by atoms with E-state index in [9.17, 15) is 8.42 Å². The van der Waals surface area contributed by atoms with Gasteiger partial charge in [0, 0.05) is 31.6 Å². The van der Waals surface area contributed by atoms with Crippen LogP contribution in [0.1, 0.15) is 53.2 Å². The van der Waals surface area contributed by atoms with Gasteiger partial charge in [-0.1, -0.05) is 34.6 Å². The summed E-state index contributed by atoms with van der Waals surface area (Å²) in [6, 6.07) is 0.